The van der Waals surface area contributed by atoms with Gasteiger partial charge >= 0.3 is 0 Å². The monoisotopic (exact) mass is 374 g/mol. The van der Waals surface area contributed by atoms with Crippen LogP contribution < -0.4 is 20.1 Å². The molecule has 0 radical (unpaired) electrons. The lowest BCUT2D eigenvalue weighted by Crippen LogP contribution is -2.32. The summed E-state index contributed by atoms with van der Waals surface area (Å²) in [5.41, 5.74) is 0.870. The van der Waals surface area contributed by atoms with Gasteiger partial charge in [0.1, 0.15) is 5.76 Å². The van der Waals surface area contributed by atoms with E-state index in [1.165, 1.54) is 0 Å². The summed E-state index contributed by atoms with van der Waals surface area (Å²) in [5.74, 6) is 2.99. The van der Waals surface area contributed by atoms with E-state index >= 15 is 0 Å². The minimum absolute atomic E-state index is 0.0605. The van der Waals surface area contributed by atoms with Crippen LogP contribution in [0, 0.1) is 0 Å². The van der Waals surface area contributed by atoms with E-state index in [4.69, 9.17) is 18.9 Å². The van der Waals surface area contributed by atoms with Crippen LogP contribution in [-0.4, -0.2) is 51.8 Å². The van der Waals surface area contributed by atoms with Crippen molar-refractivity contribution in [2.45, 2.75) is 19.9 Å². The number of likely N-dealkylation sites (N-methyl/N-ethyl adjacent to an activating group) is 1. The summed E-state index contributed by atoms with van der Waals surface area (Å²) >= 11 is 0. The number of methoxy groups -OCH3 is 1. The Hall–Kier alpha value is -2.67. The first-order valence-electron chi connectivity index (χ1n) is 9.15. The van der Waals surface area contributed by atoms with Crippen LogP contribution in [0.3, 0.4) is 0 Å². The van der Waals surface area contributed by atoms with Crippen LogP contribution in [0.1, 0.15) is 25.6 Å². The van der Waals surface area contributed by atoms with Gasteiger partial charge in [-0.3, -0.25) is 9.89 Å². The molecule has 1 atom stereocenters. The van der Waals surface area contributed by atoms with Gasteiger partial charge in [0.25, 0.3) is 0 Å². The molecule has 2 N–H and O–H groups in total. The number of aliphatic imine (C=N–C) groups is 1. The lowest BCUT2D eigenvalue weighted by Gasteiger charge is -2.21. The van der Waals surface area contributed by atoms with Gasteiger partial charge in [0.15, 0.2) is 17.5 Å². The van der Waals surface area contributed by atoms with Crippen LogP contribution in [0.25, 0.3) is 0 Å². The Kier molecular flexibility index (Phi) is 8.00. The van der Waals surface area contributed by atoms with E-state index in [0.29, 0.717) is 24.9 Å². The average molecular weight is 374 g/mol. The molecule has 1 heterocycles. The van der Waals surface area contributed by atoms with Gasteiger partial charge in [-0.15, -0.1) is 0 Å². The Bertz CT molecular complexity index is 714. The quantitative estimate of drug-likeness (QED) is 0.518. The number of ether oxygens (including phenoxy) is 2. The van der Waals surface area contributed by atoms with E-state index < -0.39 is 0 Å². The molecule has 7 nitrogen and oxygen atoms in total. The van der Waals surface area contributed by atoms with Crippen LogP contribution in [0.15, 0.2) is 46.0 Å². The molecule has 0 bridgehead atoms. The van der Waals surface area contributed by atoms with Crippen molar-refractivity contribution >= 4 is 11.6 Å². The summed E-state index contributed by atoms with van der Waals surface area (Å²) in [7, 11) is 5.66. The first-order valence-corrected chi connectivity index (χ1v) is 9.15. The maximum absolute atomic E-state index is 5.57. The Morgan fingerprint density at radius 2 is 2.04 bits per heavy atom. The van der Waals surface area contributed by atoms with Gasteiger partial charge in [0.2, 0.25) is 0 Å². The molecule has 7 heteroatoms. The molecule has 1 aromatic carbocycles. The van der Waals surface area contributed by atoms with E-state index in [9.17, 15) is 0 Å². The van der Waals surface area contributed by atoms with Gasteiger partial charge in [-0.05, 0) is 52.2 Å². The van der Waals surface area contributed by atoms with Gasteiger partial charge in [0, 0.05) is 18.3 Å². The van der Waals surface area contributed by atoms with Crippen molar-refractivity contribution in [3.8, 4) is 11.5 Å². The van der Waals surface area contributed by atoms with E-state index in [-0.39, 0.29) is 6.04 Å². The lowest BCUT2D eigenvalue weighted by molar-refractivity contribution is 0.265. The molecule has 0 saturated carbocycles. The Morgan fingerprint density at radius 1 is 1.22 bits per heavy atom. The van der Waals surface area contributed by atoms with E-state index in [1.54, 1.807) is 13.4 Å². The van der Waals surface area contributed by atoms with Crippen LogP contribution in [0.4, 0.5) is 5.69 Å². The molecular formula is C20H30N4O3. The van der Waals surface area contributed by atoms with Gasteiger partial charge in [-0.1, -0.05) is 0 Å². The average Bonchev–Trinajstić information content (AvgIpc) is 3.17. The summed E-state index contributed by atoms with van der Waals surface area (Å²) in [5, 5.41) is 6.58. The molecule has 1 unspecified atom stereocenters. The molecular weight excluding hydrogens is 344 g/mol. The fourth-order valence-corrected chi connectivity index (χ4v) is 2.63. The first kappa shape index (κ1) is 20.6. The molecule has 0 saturated heterocycles. The second-order valence-corrected chi connectivity index (χ2v) is 6.14. The summed E-state index contributed by atoms with van der Waals surface area (Å²) in [6.45, 7) is 5.89. The molecule has 1 aromatic heterocycles. The van der Waals surface area contributed by atoms with Crippen molar-refractivity contribution in [3.63, 3.8) is 0 Å². The first-order chi connectivity index (χ1) is 13.1. The predicted molar refractivity (Wildman–Crippen MR) is 109 cm³/mol. The third-order valence-electron chi connectivity index (χ3n) is 3.99. The molecule has 2 rings (SSSR count). The zero-order valence-corrected chi connectivity index (χ0v) is 16.8. The highest BCUT2D eigenvalue weighted by Gasteiger charge is 2.17. The van der Waals surface area contributed by atoms with E-state index in [2.05, 4.69) is 15.5 Å². The molecule has 0 fully saturated rings. The molecule has 148 valence electrons. The van der Waals surface area contributed by atoms with Crippen molar-refractivity contribution in [1.29, 1.82) is 0 Å². The van der Waals surface area contributed by atoms with Crippen molar-refractivity contribution in [2.24, 2.45) is 4.99 Å². The standard InChI is InChI=1S/C20H30N4O3/c1-6-21-20(22-14-16(24(3)4)17-9-8-12-27-17)23-15-10-11-18(26-7-2)19(13-15)25-5/h8-13,16H,6-7,14H2,1-5H3,(H2,21,22,23). The summed E-state index contributed by atoms with van der Waals surface area (Å²) in [6, 6.07) is 9.65. The normalized spacial score (nSPS) is 12.7. The number of nitrogens with zero attached hydrogens (tertiary/aromatic N) is 2. The number of nitrogens with one attached hydrogen (secondary N) is 2. The van der Waals surface area contributed by atoms with Crippen molar-refractivity contribution < 1.29 is 13.9 Å². The van der Waals surface area contributed by atoms with Crippen LogP contribution in [0.5, 0.6) is 11.5 Å². The number of anilines is 1. The molecule has 0 aliphatic rings. The Morgan fingerprint density at radius 3 is 2.63 bits per heavy atom. The molecule has 0 aliphatic heterocycles. The van der Waals surface area contributed by atoms with Crippen LogP contribution in [-0.2, 0) is 0 Å². The van der Waals surface area contributed by atoms with Crippen molar-refractivity contribution in [1.82, 2.24) is 10.2 Å². The van der Waals surface area contributed by atoms with Gasteiger partial charge in [-0.25, -0.2) is 0 Å². The minimum atomic E-state index is 0.0605. The fraction of sp³-hybridized carbons (Fsp3) is 0.450. The second-order valence-electron chi connectivity index (χ2n) is 6.14. The van der Waals surface area contributed by atoms with Gasteiger partial charge in [0.05, 0.1) is 32.6 Å². The number of furan rings is 1. The van der Waals surface area contributed by atoms with Gasteiger partial charge in [-0.2, -0.15) is 0 Å². The highest BCUT2D eigenvalue weighted by atomic mass is 16.5. The third kappa shape index (κ3) is 5.92. The van der Waals surface area contributed by atoms with Crippen LogP contribution >= 0.6 is 0 Å². The highest BCUT2D eigenvalue weighted by molar-refractivity contribution is 5.93. The molecule has 0 amide bonds. The zero-order valence-electron chi connectivity index (χ0n) is 16.8. The highest BCUT2D eigenvalue weighted by Crippen LogP contribution is 2.30. The van der Waals surface area contributed by atoms with Crippen molar-refractivity contribution in [3.05, 3.63) is 42.4 Å². The molecule has 0 aliphatic carbocycles. The Balaban J connectivity index is 2.15. The molecule has 2 aromatic rings. The predicted octanol–water partition coefficient (Wildman–Crippen LogP) is 3.37. The minimum Gasteiger partial charge on any atom is -0.493 e. The smallest absolute Gasteiger partial charge is 0.195 e. The topological polar surface area (TPSA) is 71.3 Å². The second kappa shape index (κ2) is 10.5. The number of benzene rings is 1. The number of guanidine groups is 1. The Labute approximate surface area is 161 Å². The summed E-state index contributed by atoms with van der Waals surface area (Å²) in [6.07, 6.45) is 1.69. The van der Waals surface area contributed by atoms with Crippen LogP contribution in [0.2, 0.25) is 0 Å². The summed E-state index contributed by atoms with van der Waals surface area (Å²) in [4.78, 5) is 6.81. The number of hydrogen-bond donors (Lipinski definition) is 2. The fourth-order valence-electron chi connectivity index (χ4n) is 2.63. The number of rotatable bonds is 9. The van der Waals surface area contributed by atoms with Crippen molar-refractivity contribution in [2.75, 3.05) is 46.2 Å². The maximum Gasteiger partial charge on any atom is 0.195 e. The number of hydrogen-bond acceptors (Lipinski definition) is 5. The third-order valence-corrected chi connectivity index (χ3v) is 3.99. The lowest BCUT2D eigenvalue weighted by atomic mass is 10.2. The zero-order chi connectivity index (χ0) is 19.6. The van der Waals surface area contributed by atoms with Gasteiger partial charge < -0.3 is 24.5 Å². The maximum atomic E-state index is 5.57. The molecule has 0 spiro atoms. The SMILES string of the molecule is CCNC(=NCC(c1ccco1)N(C)C)Nc1ccc(OCC)c(OC)c1. The largest absolute Gasteiger partial charge is 0.493 e. The molecule has 27 heavy (non-hydrogen) atoms. The van der Waals surface area contributed by atoms with E-state index in [0.717, 1.165) is 23.7 Å². The summed E-state index contributed by atoms with van der Waals surface area (Å²) < 4.78 is 16.5. The van der Waals surface area contributed by atoms with E-state index in [1.807, 2.05) is 58.3 Å².